The molecule has 5 rings (SSSR count). The van der Waals surface area contributed by atoms with E-state index in [0.717, 1.165) is 29.8 Å². The van der Waals surface area contributed by atoms with Gasteiger partial charge in [-0.2, -0.15) is 11.3 Å². The van der Waals surface area contributed by atoms with Crippen LogP contribution < -0.4 is 5.32 Å². The number of aromatic amines is 1. The average Bonchev–Trinajstić information content (AvgIpc) is 3.47. The Hall–Kier alpha value is -3.13. The number of halogens is 1. The topological polar surface area (TPSA) is 83.6 Å². The quantitative estimate of drug-likeness (QED) is 0.472. The molecular formula is C22H20FN5OS. The van der Waals surface area contributed by atoms with Gasteiger partial charge < -0.3 is 10.3 Å². The highest BCUT2D eigenvalue weighted by Gasteiger charge is 2.22. The van der Waals surface area contributed by atoms with Crippen LogP contribution in [0.3, 0.4) is 0 Å². The van der Waals surface area contributed by atoms with Crippen LogP contribution in [-0.2, 0) is 11.2 Å². The molecule has 0 spiro atoms. The normalized spacial score (nSPS) is 14.4. The minimum Gasteiger partial charge on any atom is -0.337 e. The number of imidazole rings is 1. The van der Waals surface area contributed by atoms with Gasteiger partial charge in [0.05, 0.1) is 6.42 Å². The molecule has 152 valence electrons. The van der Waals surface area contributed by atoms with Gasteiger partial charge in [-0.1, -0.05) is 18.9 Å². The number of carbonyl (C=O) groups excluding carboxylic acids is 1. The second-order valence-electron chi connectivity index (χ2n) is 7.61. The van der Waals surface area contributed by atoms with Crippen molar-refractivity contribution in [1.29, 1.82) is 0 Å². The number of thiophene rings is 1. The minimum absolute atomic E-state index is 0.0456. The minimum atomic E-state index is -0.360. The third-order valence-electron chi connectivity index (χ3n) is 5.48. The Bertz CT molecular complexity index is 1200. The molecule has 8 heteroatoms. The van der Waals surface area contributed by atoms with Crippen LogP contribution in [0.15, 0.2) is 41.4 Å². The molecule has 2 N–H and O–H groups in total. The van der Waals surface area contributed by atoms with Crippen molar-refractivity contribution in [1.82, 2.24) is 19.9 Å². The molecule has 4 aromatic rings. The van der Waals surface area contributed by atoms with Crippen molar-refractivity contribution < 1.29 is 9.18 Å². The van der Waals surface area contributed by atoms with Gasteiger partial charge in [-0.3, -0.25) is 4.79 Å². The van der Waals surface area contributed by atoms with Crippen molar-refractivity contribution >= 4 is 34.2 Å². The summed E-state index contributed by atoms with van der Waals surface area (Å²) in [6, 6.07) is 6.64. The molecule has 3 aromatic heterocycles. The van der Waals surface area contributed by atoms with Gasteiger partial charge in [-0.05, 0) is 58.5 Å². The summed E-state index contributed by atoms with van der Waals surface area (Å²) in [6.07, 6.45) is 6.08. The van der Waals surface area contributed by atoms with Gasteiger partial charge in [0.2, 0.25) is 5.91 Å². The van der Waals surface area contributed by atoms with Crippen molar-refractivity contribution in [2.45, 2.75) is 38.0 Å². The smallest absolute Gasteiger partial charge is 0.230 e. The summed E-state index contributed by atoms with van der Waals surface area (Å²) in [6.45, 7) is 0. The first-order chi connectivity index (χ1) is 14.7. The standard InChI is InChI=1S/C22H20FN5OS/c23-17-8-13(7-16(10-17)15-5-6-30-11-15)9-18(29)26-21-19-22(25-12-24-21)28-20(27-19)14-3-1-2-4-14/h5-8,10-12,14H,1-4,9H2,(H2,24,25,26,27,28,29). The Balaban J connectivity index is 1.36. The first-order valence-corrected chi connectivity index (χ1v) is 10.9. The SMILES string of the molecule is O=C(Cc1cc(F)cc(-c2ccsc2)c1)Nc1ncnc2nc(C3CCCC3)[nH]c12. The van der Waals surface area contributed by atoms with Crippen LogP contribution in [0.1, 0.15) is 43.0 Å². The monoisotopic (exact) mass is 421 g/mol. The largest absolute Gasteiger partial charge is 0.337 e. The molecule has 0 aliphatic heterocycles. The van der Waals surface area contributed by atoms with E-state index >= 15 is 0 Å². The van der Waals surface area contributed by atoms with Crippen LogP contribution in [0.5, 0.6) is 0 Å². The van der Waals surface area contributed by atoms with Crippen molar-refractivity contribution in [3.05, 3.63) is 58.6 Å². The fraction of sp³-hybridized carbons (Fsp3) is 0.273. The maximum atomic E-state index is 14.1. The molecule has 1 aliphatic carbocycles. The average molecular weight is 422 g/mol. The molecule has 1 fully saturated rings. The number of hydrogen-bond donors (Lipinski definition) is 2. The number of nitrogens with zero attached hydrogens (tertiary/aromatic N) is 3. The molecule has 0 unspecified atom stereocenters. The van der Waals surface area contributed by atoms with Crippen LogP contribution in [-0.4, -0.2) is 25.8 Å². The van der Waals surface area contributed by atoms with E-state index in [-0.39, 0.29) is 18.1 Å². The predicted molar refractivity (Wildman–Crippen MR) is 115 cm³/mol. The van der Waals surface area contributed by atoms with Crippen LogP contribution in [0.25, 0.3) is 22.3 Å². The summed E-state index contributed by atoms with van der Waals surface area (Å²) in [5, 5.41) is 6.73. The maximum Gasteiger partial charge on any atom is 0.230 e. The molecule has 1 amide bonds. The third kappa shape index (κ3) is 3.82. The summed E-state index contributed by atoms with van der Waals surface area (Å²) in [4.78, 5) is 29.0. The lowest BCUT2D eigenvalue weighted by molar-refractivity contribution is -0.115. The fourth-order valence-electron chi connectivity index (χ4n) is 4.04. The second-order valence-corrected chi connectivity index (χ2v) is 8.39. The summed E-state index contributed by atoms with van der Waals surface area (Å²) in [5.74, 6) is 1.08. The van der Waals surface area contributed by atoms with Gasteiger partial charge in [0.25, 0.3) is 0 Å². The number of benzene rings is 1. The molecule has 0 bridgehead atoms. The van der Waals surface area contributed by atoms with E-state index in [2.05, 4.69) is 25.3 Å². The van der Waals surface area contributed by atoms with Gasteiger partial charge in [0, 0.05) is 5.92 Å². The molecule has 1 aromatic carbocycles. The highest BCUT2D eigenvalue weighted by Crippen LogP contribution is 2.33. The number of carbonyl (C=O) groups is 1. The molecular weight excluding hydrogens is 401 g/mol. The van der Waals surface area contributed by atoms with E-state index in [9.17, 15) is 9.18 Å². The van der Waals surface area contributed by atoms with E-state index in [1.807, 2.05) is 22.9 Å². The zero-order chi connectivity index (χ0) is 20.5. The number of fused-ring (bicyclic) bond motifs is 1. The molecule has 0 radical (unpaired) electrons. The van der Waals surface area contributed by atoms with Crippen molar-refractivity contribution in [3.63, 3.8) is 0 Å². The Morgan fingerprint density at radius 2 is 2.07 bits per heavy atom. The van der Waals surface area contributed by atoms with Crippen molar-refractivity contribution in [2.24, 2.45) is 0 Å². The number of aromatic nitrogens is 4. The molecule has 6 nitrogen and oxygen atoms in total. The van der Waals surface area contributed by atoms with Gasteiger partial charge in [-0.15, -0.1) is 0 Å². The van der Waals surface area contributed by atoms with Gasteiger partial charge in [0.1, 0.15) is 23.5 Å². The zero-order valence-electron chi connectivity index (χ0n) is 16.2. The Labute approximate surface area is 176 Å². The van der Waals surface area contributed by atoms with Crippen molar-refractivity contribution in [3.8, 4) is 11.1 Å². The molecule has 0 atom stereocenters. The predicted octanol–water partition coefficient (Wildman–Crippen LogP) is 5.06. The number of rotatable bonds is 5. The number of H-pyrrole nitrogens is 1. The Morgan fingerprint density at radius 1 is 1.20 bits per heavy atom. The number of hydrogen-bond acceptors (Lipinski definition) is 5. The summed E-state index contributed by atoms with van der Waals surface area (Å²) < 4.78 is 14.1. The summed E-state index contributed by atoms with van der Waals surface area (Å²) in [7, 11) is 0. The molecule has 0 saturated heterocycles. The molecule has 3 heterocycles. The lowest BCUT2D eigenvalue weighted by Gasteiger charge is -2.07. The van der Waals surface area contributed by atoms with Gasteiger partial charge in [-0.25, -0.2) is 19.3 Å². The first kappa shape index (κ1) is 18.9. The Kier molecular flexibility index (Phi) is 5.00. The summed E-state index contributed by atoms with van der Waals surface area (Å²) >= 11 is 1.55. The highest BCUT2D eigenvalue weighted by atomic mass is 32.1. The molecule has 30 heavy (non-hydrogen) atoms. The number of anilines is 1. The summed E-state index contributed by atoms with van der Waals surface area (Å²) in [5.41, 5.74) is 3.49. The van der Waals surface area contributed by atoms with E-state index in [1.54, 1.807) is 11.3 Å². The van der Waals surface area contributed by atoms with Crippen LogP contribution in [0.2, 0.25) is 0 Å². The second kappa shape index (κ2) is 7.95. The maximum absolute atomic E-state index is 14.1. The van der Waals surface area contributed by atoms with E-state index < -0.39 is 0 Å². The van der Waals surface area contributed by atoms with Gasteiger partial charge >= 0.3 is 0 Å². The zero-order valence-corrected chi connectivity index (χ0v) is 17.0. The van der Waals surface area contributed by atoms with Crippen molar-refractivity contribution in [2.75, 3.05) is 5.32 Å². The fourth-order valence-corrected chi connectivity index (χ4v) is 4.71. The van der Waals surface area contributed by atoms with E-state index in [4.69, 9.17) is 0 Å². The molecule has 1 saturated carbocycles. The van der Waals surface area contributed by atoms with Crippen LogP contribution in [0, 0.1) is 5.82 Å². The van der Waals surface area contributed by atoms with E-state index in [1.165, 1.54) is 31.3 Å². The third-order valence-corrected chi connectivity index (χ3v) is 6.17. The first-order valence-electron chi connectivity index (χ1n) is 9.98. The Morgan fingerprint density at radius 3 is 2.87 bits per heavy atom. The van der Waals surface area contributed by atoms with E-state index in [0.29, 0.717) is 28.5 Å². The highest BCUT2D eigenvalue weighted by molar-refractivity contribution is 7.08. The molecule has 1 aliphatic rings. The lowest BCUT2D eigenvalue weighted by Crippen LogP contribution is -2.16. The van der Waals surface area contributed by atoms with Crippen LogP contribution in [0.4, 0.5) is 10.2 Å². The van der Waals surface area contributed by atoms with Gasteiger partial charge in [0.15, 0.2) is 11.5 Å². The lowest BCUT2D eigenvalue weighted by atomic mass is 10.0. The number of nitrogens with one attached hydrogen (secondary N) is 2. The van der Waals surface area contributed by atoms with Crippen LogP contribution >= 0.6 is 11.3 Å². The number of amides is 1.